The number of aliphatic carboxylic acids is 1. The first-order valence-electron chi connectivity index (χ1n) is 6.13. The first kappa shape index (κ1) is 15.6. The van der Waals surface area contributed by atoms with Crippen LogP contribution in [0, 0.1) is 0 Å². The molecule has 0 fully saturated rings. The van der Waals surface area contributed by atoms with E-state index in [1.54, 1.807) is 18.2 Å². The molecule has 0 spiro atoms. The Hall–Kier alpha value is -1.78. The van der Waals surface area contributed by atoms with Gasteiger partial charge in [-0.3, -0.25) is 0 Å². The van der Waals surface area contributed by atoms with E-state index in [1.165, 1.54) is 6.08 Å². The van der Waals surface area contributed by atoms with Gasteiger partial charge in [0.15, 0.2) is 0 Å². The van der Waals surface area contributed by atoms with Gasteiger partial charge >= 0.3 is 5.97 Å². The Morgan fingerprint density at radius 3 is 2.76 bits per heavy atom. The van der Waals surface area contributed by atoms with Gasteiger partial charge in [0, 0.05) is 26.7 Å². The van der Waals surface area contributed by atoms with Crippen LogP contribution in [0.1, 0.15) is 11.1 Å². The van der Waals surface area contributed by atoms with Crippen LogP contribution in [-0.4, -0.2) is 11.1 Å². The summed E-state index contributed by atoms with van der Waals surface area (Å²) < 4.78 is 6.64. The average molecular weight is 368 g/mol. The molecule has 5 heteroatoms. The molecule has 0 aliphatic rings. The van der Waals surface area contributed by atoms with Crippen molar-refractivity contribution in [1.29, 1.82) is 0 Å². The van der Waals surface area contributed by atoms with Crippen LogP contribution in [0.3, 0.4) is 0 Å². The predicted octanol–water partition coefficient (Wildman–Crippen LogP) is 4.78. The Morgan fingerprint density at radius 2 is 2.05 bits per heavy atom. The van der Waals surface area contributed by atoms with Gasteiger partial charge in [0.1, 0.15) is 12.4 Å². The van der Waals surface area contributed by atoms with Crippen molar-refractivity contribution >= 4 is 39.6 Å². The highest BCUT2D eigenvalue weighted by Gasteiger charge is 2.05. The molecule has 0 unspecified atom stereocenters. The molecule has 0 radical (unpaired) electrons. The zero-order valence-electron chi connectivity index (χ0n) is 10.9. The van der Waals surface area contributed by atoms with Crippen molar-refractivity contribution in [3.63, 3.8) is 0 Å². The van der Waals surface area contributed by atoms with Gasteiger partial charge in [0.05, 0.1) is 0 Å². The van der Waals surface area contributed by atoms with Crippen LogP contribution in [0.4, 0.5) is 0 Å². The summed E-state index contributed by atoms with van der Waals surface area (Å²) >= 11 is 9.48. The fraction of sp³-hybridized carbons (Fsp3) is 0.0625. The number of hydrogen-bond donors (Lipinski definition) is 1. The second-order valence-electron chi connectivity index (χ2n) is 4.23. The maximum atomic E-state index is 10.6. The zero-order valence-corrected chi connectivity index (χ0v) is 13.3. The number of halogens is 2. The highest BCUT2D eigenvalue weighted by atomic mass is 79.9. The van der Waals surface area contributed by atoms with Crippen molar-refractivity contribution in [3.05, 3.63) is 69.2 Å². The summed E-state index contributed by atoms with van der Waals surface area (Å²) in [6.45, 7) is 0.310. The molecule has 0 bridgehead atoms. The number of rotatable bonds is 5. The summed E-state index contributed by atoms with van der Waals surface area (Å²) in [6, 6.07) is 12.8. The first-order valence-corrected chi connectivity index (χ1v) is 7.30. The fourth-order valence-corrected chi connectivity index (χ4v) is 2.43. The molecule has 0 saturated heterocycles. The number of carboxylic acids is 1. The largest absolute Gasteiger partial charge is 0.488 e. The Balaban J connectivity index is 2.14. The van der Waals surface area contributed by atoms with E-state index in [-0.39, 0.29) is 0 Å². The van der Waals surface area contributed by atoms with Crippen LogP contribution in [0.25, 0.3) is 6.08 Å². The molecule has 108 valence electrons. The van der Waals surface area contributed by atoms with E-state index in [1.807, 2.05) is 24.3 Å². The lowest BCUT2D eigenvalue weighted by atomic mass is 10.2. The smallest absolute Gasteiger partial charge is 0.328 e. The monoisotopic (exact) mass is 366 g/mol. The minimum atomic E-state index is -0.999. The van der Waals surface area contributed by atoms with E-state index in [0.717, 1.165) is 16.1 Å². The van der Waals surface area contributed by atoms with Crippen molar-refractivity contribution < 1.29 is 14.6 Å². The molecular weight excluding hydrogens is 356 g/mol. The van der Waals surface area contributed by atoms with Crippen LogP contribution in [0.15, 0.2) is 53.0 Å². The summed E-state index contributed by atoms with van der Waals surface area (Å²) in [5, 5.41) is 9.30. The standard InChI is InChI=1S/C16H12BrClO3/c17-13-7-5-12(14(18)9-13)10-21-15-4-2-1-3-11(15)6-8-16(19)20/h1-9H,10H2,(H,19,20)/b8-6+. The minimum absolute atomic E-state index is 0.310. The van der Waals surface area contributed by atoms with Crippen molar-refractivity contribution in [2.75, 3.05) is 0 Å². The number of hydrogen-bond acceptors (Lipinski definition) is 2. The molecule has 3 nitrogen and oxygen atoms in total. The summed E-state index contributed by atoms with van der Waals surface area (Å²) in [4.78, 5) is 10.6. The fourth-order valence-electron chi connectivity index (χ4n) is 1.70. The molecule has 0 atom stereocenters. The molecule has 0 aliphatic carbocycles. The van der Waals surface area contributed by atoms with Crippen molar-refractivity contribution in [1.82, 2.24) is 0 Å². The normalized spacial score (nSPS) is 10.8. The highest BCUT2D eigenvalue weighted by Crippen LogP contribution is 2.25. The molecule has 0 aliphatic heterocycles. The molecule has 2 aromatic rings. The number of para-hydroxylation sites is 1. The molecule has 0 saturated carbocycles. The van der Waals surface area contributed by atoms with Crippen LogP contribution < -0.4 is 4.74 Å². The minimum Gasteiger partial charge on any atom is -0.488 e. The van der Waals surface area contributed by atoms with Gasteiger partial charge in [-0.25, -0.2) is 4.79 Å². The van der Waals surface area contributed by atoms with Gasteiger partial charge in [-0.05, 0) is 24.3 Å². The third kappa shape index (κ3) is 4.62. The van der Waals surface area contributed by atoms with Crippen molar-refractivity contribution in [3.8, 4) is 5.75 Å². The number of carbonyl (C=O) groups is 1. The first-order chi connectivity index (χ1) is 10.1. The average Bonchev–Trinajstić information content (AvgIpc) is 2.45. The molecule has 21 heavy (non-hydrogen) atoms. The topological polar surface area (TPSA) is 46.5 Å². The van der Waals surface area contributed by atoms with Crippen LogP contribution in [0.2, 0.25) is 5.02 Å². The predicted molar refractivity (Wildman–Crippen MR) is 86.6 cm³/mol. The van der Waals surface area contributed by atoms with Gasteiger partial charge in [-0.15, -0.1) is 0 Å². The molecule has 0 aromatic heterocycles. The lowest BCUT2D eigenvalue weighted by Crippen LogP contribution is -1.98. The second-order valence-corrected chi connectivity index (χ2v) is 5.56. The van der Waals surface area contributed by atoms with Gasteiger partial charge in [-0.2, -0.15) is 0 Å². The SMILES string of the molecule is O=C(O)/C=C/c1ccccc1OCc1ccc(Br)cc1Cl. The van der Waals surface area contributed by atoms with E-state index < -0.39 is 5.97 Å². The lowest BCUT2D eigenvalue weighted by molar-refractivity contribution is -0.131. The van der Waals surface area contributed by atoms with E-state index in [9.17, 15) is 4.79 Å². The third-order valence-corrected chi connectivity index (χ3v) is 3.57. The Kier molecular flexibility index (Phi) is 5.42. The number of carboxylic acid groups (broad SMARTS) is 1. The van der Waals surface area contributed by atoms with E-state index in [4.69, 9.17) is 21.4 Å². The summed E-state index contributed by atoms with van der Waals surface area (Å²) in [5.41, 5.74) is 1.56. The molecule has 1 N–H and O–H groups in total. The number of benzene rings is 2. The third-order valence-electron chi connectivity index (χ3n) is 2.72. The van der Waals surface area contributed by atoms with Gasteiger partial charge in [0.25, 0.3) is 0 Å². The molecule has 2 rings (SSSR count). The summed E-state index contributed by atoms with van der Waals surface area (Å²) in [6.07, 6.45) is 2.58. The highest BCUT2D eigenvalue weighted by molar-refractivity contribution is 9.10. The molecule has 2 aromatic carbocycles. The number of ether oxygens (including phenoxy) is 1. The molecule has 0 amide bonds. The van der Waals surface area contributed by atoms with Crippen molar-refractivity contribution in [2.45, 2.75) is 6.61 Å². The maximum absolute atomic E-state index is 10.6. The quantitative estimate of drug-likeness (QED) is 0.774. The maximum Gasteiger partial charge on any atom is 0.328 e. The van der Waals surface area contributed by atoms with Gasteiger partial charge in [-0.1, -0.05) is 51.8 Å². The Bertz CT molecular complexity index is 683. The Labute approximate surface area is 135 Å². The summed E-state index contributed by atoms with van der Waals surface area (Å²) in [5.74, 6) is -0.394. The van der Waals surface area contributed by atoms with E-state index in [2.05, 4.69) is 15.9 Å². The molecular formula is C16H12BrClO3. The van der Waals surface area contributed by atoms with Gasteiger partial charge < -0.3 is 9.84 Å². The molecule has 0 heterocycles. The van der Waals surface area contributed by atoms with E-state index in [0.29, 0.717) is 22.9 Å². The Morgan fingerprint density at radius 1 is 1.29 bits per heavy atom. The lowest BCUT2D eigenvalue weighted by Gasteiger charge is -2.10. The zero-order chi connectivity index (χ0) is 15.2. The van der Waals surface area contributed by atoms with E-state index >= 15 is 0 Å². The van der Waals surface area contributed by atoms with Crippen LogP contribution in [0.5, 0.6) is 5.75 Å². The second kappa shape index (κ2) is 7.29. The van der Waals surface area contributed by atoms with Crippen molar-refractivity contribution in [2.24, 2.45) is 0 Å². The van der Waals surface area contributed by atoms with Crippen LogP contribution >= 0.6 is 27.5 Å². The van der Waals surface area contributed by atoms with Crippen LogP contribution in [-0.2, 0) is 11.4 Å². The van der Waals surface area contributed by atoms with Gasteiger partial charge in [0.2, 0.25) is 0 Å². The summed E-state index contributed by atoms with van der Waals surface area (Å²) in [7, 11) is 0.